The molecule has 2 aromatic rings. The summed E-state index contributed by atoms with van der Waals surface area (Å²) < 4.78 is 13.4. The third-order valence-electron chi connectivity index (χ3n) is 2.82. The molecule has 0 unspecified atom stereocenters. The second-order valence-corrected chi connectivity index (χ2v) is 5.34. The fraction of sp³-hybridized carbons (Fsp3) is 0.200. The molecule has 0 saturated carbocycles. The Morgan fingerprint density at radius 3 is 2.21 bits per heavy atom. The molecule has 100 valence electrons. The quantitative estimate of drug-likeness (QED) is 0.860. The van der Waals surface area contributed by atoms with Gasteiger partial charge < -0.3 is 5.32 Å². The Bertz CT molecular complexity index is 564. The van der Waals surface area contributed by atoms with Crippen molar-refractivity contribution in [2.45, 2.75) is 20.0 Å². The lowest BCUT2D eigenvalue weighted by Crippen LogP contribution is -2.12. The highest BCUT2D eigenvalue weighted by Gasteiger charge is 2.01. The Balaban J connectivity index is 1.94. The molecule has 1 N–H and O–H groups in total. The van der Waals surface area contributed by atoms with E-state index in [2.05, 4.69) is 5.32 Å². The number of nitrogens with one attached hydrogen (secondary N) is 1. The fourth-order valence-electron chi connectivity index (χ4n) is 1.81. The summed E-state index contributed by atoms with van der Waals surface area (Å²) in [6.07, 6.45) is 0. The van der Waals surface area contributed by atoms with Crippen molar-refractivity contribution < 1.29 is 4.39 Å². The number of hydrogen-bond acceptors (Lipinski definition) is 1. The highest BCUT2D eigenvalue weighted by molar-refractivity contribution is 6.34. The molecule has 0 spiro atoms. The Hall–Kier alpha value is -1.09. The summed E-state index contributed by atoms with van der Waals surface area (Å²) in [7, 11) is 0. The minimum atomic E-state index is -0.176. The lowest BCUT2D eigenvalue weighted by molar-refractivity contribution is 0.611. The van der Waals surface area contributed by atoms with Crippen LogP contribution in [0.5, 0.6) is 0 Å². The second kappa shape index (κ2) is 6.38. The number of benzene rings is 2. The van der Waals surface area contributed by atoms with Crippen molar-refractivity contribution in [1.82, 2.24) is 5.32 Å². The average Bonchev–Trinajstić information content (AvgIpc) is 2.32. The first-order valence-electron chi connectivity index (χ1n) is 5.95. The van der Waals surface area contributed by atoms with E-state index in [0.29, 0.717) is 28.7 Å². The summed E-state index contributed by atoms with van der Waals surface area (Å²) in [4.78, 5) is 0. The Labute approximate surface area is 122 Å². The van der Waals surface area contributed by atoms with Crippen LogP contribution in [-0.4, -0.2) is 0 Å². The molecule has 0 radical (unpaired) electrons. The average molecular weight is 298 g/mol. The summed E-state index contributed by atoms with van der Waals surface area (Å²) in [5.74, 6) is -0.176. The Morgan fingerprint density at radius 1 is 0.947 bits per heavy atom. The van der Waals surface area contributed by atoms with Crippen molar-refractivity contribution in [2.75, 3.05) is 0 Å². The zero-order valence-corrected chi connectivity index (χ0v) is 12.0. The topological polar surface area (TPSA) is 12.0 Å². The molecule has 0 saturated heterocycles. The van der Waals surface area contributed by atoms with Crippen LogP contribution in [0.3, 0.4) is 0 Å². The van der Waals surface area contributed by atoms with Crippen LogP contribution in [-0.2, 0) is 13.1 Å². The molecule has 2 rings (SSSR count). The van der Waals surface area contributed by atoms with Gasteiger partial charge in [-0.15, -0.1) is 0 Å². The van der Waals surface area contributed by atoms with Gasteiger partial charge in [-0.25, -0.2) is 4.39 Å². The fourth-order valence-corrected chi connectivity index (χ4v) is 2.38. The van der Waals surface area contributed by atoms with Crippen LogP contribution in [0.4, 0.5) is 4.39 Å². The third-order valence-corrected chi connectivity index (χ3v) is 3.25. The zero-order valence-electron chi connectivity index (χ0n) is 10.5. The maximum absolute atomic E-state index is 13.4. The van der Waals surface area contributed by atoms with Gasteiger partial charge in [0.1, 0.15) is 5.82 Å². The standard InChI is InChI=1S/C15H14Cl2FN/c1-10-2-3-11(6-15(10)18)8-19-9-12-4-13(16)7-14(17)5-12/h2-7,19H,8-9H2,1H3. The Kier molecular flexibility index (Phi) is 4.81. The lowest BCUT2D eigenvalue weighted by Gasteiger charge is -2.07. The van der Waals surface area contributed by atoms with Gasteiger partial charge in [0.05, 0.1) is 0 Å². The predicted molar refractivity (Wildman–Crippen MR) is 78.1 cm³/mol. The van der Waals surface area contributed by atoms with Gasteiger partial charge in [0.15, 0.2) is 0 Å². The minimum Gasteiger partial charge on any atom is -0.309 e. The molecule has 19 heavy (non-hydrogen) atoms. The Morgan fingerprint density at radius 2 is 1.58 bits per heavy atom. The van der Waals surface area contributed by atoms with Crippen LogP contribution in [0.25, 0.3) is 0 Å². The van der Waals surface area contributed by atoms with Gasteiger partial charge in [0.2, 0.25) is 0 Å². The SMILES string of the molecule is Cc1ccc(CNCc2cc(Cl)cc(Cl)c2)cc1F. The van der Waals surface area contributed by atoms with E-state index < -0.39 is 0 Å². The van der Waals surface area contributed by atoms with Gasteiger partial charge in [0, 0.05) is 23.1 Å². The molecular weight excluding hydrogens is 284 g/mol. The van der Waals surface area contributed by atoms with Crippen LogP contribution >= 0.6 is 23.2 Å². The van der Waals surface area contributed by atoms with E-state index in [4.69, 9.17) is 23.2 Å². The maximum Gasteiger partial charge on any atom is 0.126 e. The molecule has 0 heterocycles. The van der Waals surface area contributed by atoms with Crippen LogP contribution in [0.2, 0.25) is 10.0 Å². The van der Waals surface area contributed by atoms with E-state index in [0.717, 1.165) is 11.1 Å². The van der Waals surface area contributed by atoms with Crippen LogP contribution < -0.4 is 5.32 Å². The van der Waals surface area contributed by atoms with Crippen molar-refractivity contribution >= 4 is 23.2 Å². The molecule has 2 aromatic carbocycles. The van der Waals surface area contributed by atoms with Crippen molar-refractivity contribution in [2.24, 2.45) is 0 Å². The summed E-state index contributed by atoms with van der Waals surface area (Å²) in [5, 5.41) is 4.47. The van der Waals surface area contributed by atoms with Crippen molar-refractivity contribution in [3.63, 3.8) is 0 Å². The highest BCUT2D eigenvalue weighted by atomic mass is 35.5. The molecule has 0 aliphatic heterocycles. The molecule has 0 amide bonds. The predicted octanol–water partition coefficient (Wildman–Crippen LogP) is 4.73. The molecular formula is C15H14Cl2FN. The van der Waals surface area contributed by atoms with Gasteiger partial charge in [0.25, 0.3) is 0 Å². The molecule has 1 nitrogen and oxygen atoms in total. The molecule has 0 aromatic heterocycles. The molecule has 0 bridgehead atoms. The van der Waals surface area contributed by atoms with E-state index in [9.17, 15) is 4.39 Å². The first-order valence-corrected chi connectivity index (χ1v) is 6.71. The van der Waals surface area contributed by atoms with Crippen LogP contribution in [0.1, 0.15) is 16.7 Å². The zero-order chi connectivity index (χ0) is 13.8. The smallest absolute Gasteiger partial charge is 0.126 e. The van der Waals surface area contributed by atoms with Gasteiger partial charge in [-0.1, -0.05) is 35.3 Å². The molecule has 0 aliphatic carbocycles. The van der Waals surface area contributed by atoms with Gasteiger partial charge >= 0.3 is 0 Å². The first-order chi connectivity index (χ1) is 9.04. The summed E-state index contributed by atoms with van der Waals surface area (Å²) in [6, 6.07) is 10.7. The molecule has 0 atom stereocenters. The van der Waals surface area contributed by atoms with Crippen LogP contribution in [0, 0.1) is 12.7 Å². The lowest BCUT2D eigenvalue weighted by atomic mass is 10.1. The molecule has 0 aliphatic rings. The summed E-state index contributed by atoms with van der Waals surface area (Å²) >= 11 is 11.8. The van der Waals surface area contributed by atoms with E-state index in [1.807, 2.05) is 18.2 Å². The van der Waals surface area contributed by atoms with E-state index >= 15 is 0 Å². The van der Waals surface area contributed by atoms with Gasteiger partial charge in [-0.3, -0.25) is 0 Å². The van der Waals surface area contributed by atoms with Gasteiger partial charge in [-0.2, -0.15) is 0 Å². The van der Waals surface area contributed by atoms with E-state index in [1.165, 1.54) is 0 Å². The number of rotatable bonds is 4. The summed E-state index contributed by atoms with van der Waals surface area (Å²) in [6.45, 7) is 2.98. The normalized spacial score (nSPS) is 10.7. The van der Waals surface area contributed by atoms with Gasteiger partial charge in [-0.05, 0) is 47.9 Å². The minimum absolute atomic E-state index is 0.176. The number of halogens is 3. The summed E-state index contributed by atoms with van der Waals surface area (Å²) in [5.41, 5.74) is 2.58. The van der Waals surface area contributed by atoms with E-state index in [1.54, 1.807) is 25.1 Å². The van der Waals surface area contributed by atoms with Crippen molar-refractivity contribution in [1.29, 1.82) is 0 Å². The van der Waals surface area contributed by atoms with Crippen molar-refractivity contribution in [3.05, 3.63) is 69.0 Å². The number of aryl methyl sites for hydroxylation is 1. The number of hydrogen-bond donors (Lipinski definition) is 1. The van der Waals surface area contributed by atoms with Crippen molar-refractivity contribution in [3.8, 4) is 0 Å². The maximum atomic E-state index is 13.4. The first kappa shape index (κ1) is 14.3. The molecule has 0 fully saturated rings. The van der Waals surface area contributed by atoms with Crippen LogP contribution in [0.15, 0.2) is 36.4 Å². The van der Waals surface area contributed by atoms with E-state index in [-0.39, 0.29) is 5.82 Å². The highest BCUT2D eigenvalue weighted by Crippen LogP contribution is 2.19. The second-order valence-electron chi connectivity index (χ2n) is 4.46. The largest absolute Gasteiger partial charge is 0.309 e. The molecule has 4 heteroatoms. The third kappa shape index (κ3) is 4.20. The monoisotopic (exact) mass is 297 g/mol.